The first-order chi connectivity index (χ1) is 13.7. The summed E-state index contributed by atoms with van der Waals surface area (Å²) in [4.78, 5) is 17.4. The normalized spacial score (nSPS) is 19.6. The van der Waals surface area contributed by atoms with E-state index in [2.05, 4.69) is 10.3 Å². The van der Waals surface area contributed by atoms with Crippen molar-refractivity contribution >= 4 is 16.9 Å². The van der Waals surface area contributed by atoms with E-state index in [0.717, 1.165) is 36.8 Å². The second-order valence-electron chi connectivity index (χ2n) is 7.48. The van der Waals surface area contributed by atoms with E-state index in [4.69, 9.17) is 0 Å². The molecule has 0 aliphatic heterocycles. The van der Waals surface area contributed by atoms with Crippen LogP contribution in [0.2, 0.25) is 0 Å². The third-order valence-electron chi connectivity index (χ3n) is 5.61. The Balaban J connectivity index is 1.62. The number of nitrogens with one attached hydrogen (secondary N) is 1. The Hall–Kier alpha value is -2.73. The number of aliphatic hydroxyl groups is 1. The van der Waals surface area contributed by atoms with Crippen molar-refractivity contribution < 1.29 is 14.3 Å². The number of carbonyl (C=O) groups is 1. The summed E-state index contributed by atoms with van der Waals surface area (Å²) in [6.45, 7) is 0.619. The molecule has 4 rings (SSSR count). The summed E-state index contributed by atoms with van der Waals surface area (Å²) in [5.41, 5.74) is 2.99. The minimum Gasteiger partial charge on any atom is -0.396 e. The first kappa shape index (κ1) is 18.6. The molecule has 5 nitrogen and oxygen atoms in total. The van der Waals surface area contributed by atoms with E-state index in [1.54, 1.807) is 18.3 Å². The lowest BCUT2D eigenvalue weighted by Crippen LogP contribution is -2.43. The van der Waals surface area contributed by atoms with Crippen LogP contribution in [-0.4, -0.2) is 33.2 Å². The van der Waals surface area contributed by atoms with Gasteiger partial charge in [-0.15, -0.1) is 0 Å². The second kappa shape index (κ2) is 8.10. The molecule has 6 heteroatoms. The molecular weight excluding hydrogens is 357 g/mol. The lowest BCUT2D eigenvalue weighted by Gasteiger charge is -2.30. The lowest BCUT2D eigenvalue weighted by atomic mass is 9.85. The number of nitrogens with zero attached hydrogens (tertiary/aromatic N) is 2. The van der Waals surface area contributed by atoms with Gasteiger partial charge in [-0.2, -0.15) is 0 Å². The number of carbonyl (C=O) groups excluding carboxylic acids is 1. The Morgan fingerprint density at radius 3 is 2.79 bits per heavy atom. The van der Waals surface area contributed by atoms with Crippen LogP contribution in [0, 0.1) is 11.7 Å². The van der Waals surface area contributed by atoms with Gasteiger partial charge >= 0.3 is 0 Å². The topological polar surface area (TPSA) is 67.2 Å². The van der Waals surface area contributed by atoms with Gasteiger partial charge < -0.3 is 15.0 Å². The zero-order valence-corrected chi connectivity index (χ0v) is 15.6. The van der Waals surface area contributed by atoms with Gasteiger partial charge in [0.15, 0.2) is 0 Å². The maximum absolute atomic E-state index is 13.2. The summed E-state index contributed by atoms with van der Waals surface area (Å²) in [6, 6.07) is 10.1. The third kappa shape index (κ3) is 3.78. The van der Waals surface area contributed by atoms with Crippen molar-refractivity contribution in [3.8, 4) is 0 Å². The maximum atomic E-state index is 13.2. The summed E-state index contributed by atoms with van der Waals surface area (Å²) in [5.74, 6) is -0.320. The predicted molar refractivity (Wildman–Crippen MR) is 106 cm³/mol. The highest BCUT2D eigenvalue weighted by molar-refractivity contribution is 6.05. The number of pyridine rings is 1. The Morgan fingerprint density at radius 1 is 1.21 bits per heavy atom. The van der Waals surface area contributed by atoms with Gasteiger partial charge in [0, 0.05) is 37.5 Å². The fraction of sp³-hybridized carbons (Fsp3) is 0.364. The van der Waals surface area contributed by atoms with Crippen molar-refractivity contribution in [1.29, 1.82) is 0 Å². The SMILES string of the molecule is O=C(N[C@H]1CCCCC1CO)c1cn(Cc2ccc(F)cc2)c2cccnc12. The van der Waals surface area contributed by atoms with Gasteiger partial charge in [-0.05, 0) is 42.7 Å². The van der Waals surface area contributed by atoms with Crippen LogP contribution in [0.15, 0.2) is 48.8 Å². The molecule has 0 radical (unpaired) electrons. The number of rotatable bonds is 5. The van der Waals surface area contributed by atoms with E-state index in [1.165, 1.54) is 12.1 Å². The highest BCUT2D eigenvalue weighted by atomic mass is 19.1. The molecule has 2 atom stereocenters. The average Bonchev–Trinajstić information content (AvgIpc) is 3.09. The second-order valence-corrected chi connectivity index (χ2v) is 7.48. The summed E-state index contributed by atoms with van der Waals surface area (Å²) < 4.78 is 15.2. The number of halogens is 1. The molecule has 1 fully saturated rings. The minimum absolute atomic E-state index is 0.00883. The van der Waals surface area contributed by atoms with Gasteiger partial charge in [0.1, 0.15) is 11.3 Å². The molecule has 1 aliphatic carbocycles. The van der Waals surface area contributed by atoms with Crippen LogP contribution in [0.5, 0.6) is 0 Å². The van der Waals surface area contributed by atoms with Crippen LogP contribution in [0.25, 0.3) is 11.0 Å². The Morgan fingerprint density at radius 2 is 2.00 bits per heavy atom. The van der Waals surface area contributed by atoms with Crippen LogP contribution < -0.4 is 5.32 Å². The molecule has 3 aromatic rings. The number of hydrogen-bond donors (Lipinski definition) is 2. The van der Waals surface area contributed by atoms with Gasteiger partial charge in [0.05, 0.1) is 11.1 Å². The fourth-order valence-corrected chi connectivity index (χ4v) is 4.07. The molecule has 1 amide bonds. The molecule has 28 heavy (non-hydrogen) atoms. The summed E-state index contributed by atoms with van der Waals surface area (Å²) >= 11 is 0. The summed E-state index contributed by atoms with van der Waals surface area (Å²) in [6.07, 6.45) is 7.47. The average molecular weight is 381 g/mol. The molecule has 0 bridgehead atoms. The summed E-state index contributed by atoms with van der Waals surface area (Å²) in [5, 5.41) is 12.7. The van der Waals surface area contributed by atoms with E-state index in [0.29, 0.717) is 17.6 Å². The van der Waals surface area contributed by atoms with Crippen molar-refractivity contribution in [2.75, 3.05) is 6.61 Å². The number of aromatic nitrogens is 2. The van der Waals surface area contributed by atoms with E-state index < -0.39 is 0 Å². The Kier molecular flexibility index (Phi) is 5.39. The zero-order chi connectivity index (χ0) is 19.5. The molecule has 2 heterocycles. The molecular formula is C22H24FN3O2. The smallest absolute Gasteiger partial charge is 0.255 e. The first-order valence-electron chi connectivity index (χ1n) is 9.75. The highest BCUT2D eigenvalue weighted by Gasteiger charge is 2.27. The third-order valence-corrected chi connectivity index (χ3v) is 5.61. The number of aliphatic hydroxyl groups excluding tert-OH is 1. The van der Waals surface area contributed by atoms with Gasteiger partial charge in [-0.3, -0.25) is 9.78 Å². The van der Waals surface area contributed by atoms with Gasteiger partial charge in [-0.1, -0.05) is 25.0 Å². The van der Waals surface area contributed by atoms with Crippen LogP contribution in [-0.2, 0) is 6.54 Å². The molecule has 0 saturated heterocycles. The number of amides is 1. The quantitative estimate of drug-likeness (QED) is 0.711. The number of hydrogen-bond acceptors (Lipinski definition) is 3. The van der Waals surface area contributed by atoms with Crippen molar-refractivity contribution in [1.82, 2.24) is 14.9 Å². The van der Waals surface area contributed by atoms with Gasteiger partial charge in [0.2, 0.25) is 0 Å². The molecule has 2 N–H and O–H groups in total. The molecule has 1 aliphatic rings. The van der Waals surface area contributed by atoms with Crippen molar-refractivity contribution in [2.24, 2.45) is 5.92 Å². The molecule has 1 aromatic carbocycles. The van der Waals surface area contributed by atoms with Gasteiger partial charge in [0.25, 0.3) is 5.91 Å². The molecule has 1 saturated carbocycles. The van der Waals surface area contributed by atoms with Crippen LogP contribution >= 0.6 is 0 Å². The first-order valence-corrected chi connectivity index (χ1v) is 9.75. The largest absolute Gasteiger partial charge is 0.396 e. The van der Waals surface area contributed by atoms with Crippen molar-refractivity contribution in [3.63, 3.8) is 0 Å². The van der Waals surface area contributed by atoms with Crippen LogP contribution in [0.1, 0.15) is 41.6 Å². The van der Waals surface area contributed by atoms with E-state index in [1.807, 2.05) is 22.9 Å². The molecule has 146 valence electrons. The Labute approximate surface area is 163 Å². The van der Waals surface area contributed by atoms with Crippen LogP contribution in [0.3, 0.4) is 0 Å². The zero-order valence-electron chi connectivity index (χ0n) is 15.6. The standard InChI is InChI=1S/C22H24FN3O2/c23-17-9-7-15(8-10-17)12-26-13-18(21-20(26)6-3-11-24-21)22(28)25-19-5-2-1-4-16(19)14-27/h3,6-11,13,16,19,27H,1-2,4-5,12,14H2,(H,25,28)/t16?,19-/m0/s1. The van der Waals surface area contributed by atoms with E-state index >= 15 is 0 Å². The van der Waals surface area contributed by atoms with E-state index in [-0.39, 0.29) is 30.3 Å². The predicted octanol–water partition coefficient (Wildman–Crippen LogP) is 3.50. The number of fused-ring (bicyclic) bond motifs is 1. The fourth-order valence-electron chi connectivity index (χ4n) is 4.07. The Bertz CT molecular complexity index is 968. The van der Waals surface area contributed by atoms with Crippen molar-refractivity contribution in [2.45, 2.75) is 38.3 Å². The van der Waals surface area contributed by atoms with Crippen LogP contribution in [0.4, 0.5) is 4.39 Å². The highest BCUT2D eigenvalue weighted by Crippen LogP contribution is 2.26. The molecule has 2 aromatic heterocycles. The van der Waals surface area contributed by atoms with Crippen molar-refractivity contribution in [3.05, 3.63) is 65.7 Å². The molecule has 0 spiro atoms. The lowest BCUT2D eigenvalue weighted by molar-refractivity contribution is 0.0874. The minimum atomic E-state index is -0.270. The maximum Gasteiger partial charge on any atom is 0.255 e. The number of benzene rings is 1. The van der Waals surface area contributed by atoms with E-state index in [9.17, 15) is 14.3 Å². The monoisotopic (exact) mass is 381 g/mol. The summed E-state index contributed by atoms with van der Waals surface area (Å²) in [7, 11) is 0. The molecule has 1 unspecified atom stereocenters. The van der Waals surface area contributed by atoms with Gasteiger partial charge in [-0.25, -0.2) is 4.39 Å².